The summed E-state index contributed by atoms with van der Waals surface area (Å²) in [5, 5.41) is 11.0. The third-order valence-electron chi connectivity index (χ3n) is 5.17. The molecular weight excluding hydrogens is 445 g/mol. The molecule has 0 spiro atoms. The number of allylic oxidation sites excluding steroid dienone is 2. The predicted octanol–water partition coefficient (Wildman–Crippen LogP) is 5.32. The number of halogens is 3. The average molecular weight is 466 g/mol. The Bertz CT molecular complexity index is 1240. The van der Waals surface area contributed by atoms with E-state index in [1.54, 1.807) is 24.5 Å². The minimum atomic E-state index is -4.53. The maximum absolute atomic E-state index is 12.8. The van der Waals surface area contributed by atoms with Crippen LogP contribution in [0.5, 0.6) is 0 Å². The number of rotatable bonds is 8. The topological polar surface area (TPSA) is 85.1 Å². The number of benzene rings is 1. The highest BCUT2D eigenvalue weighted by Gasteiger charge is 2.32. The monoisotopic (exact) mass is 466 g/mol. The number of amides is 1. The number of nitrogens with zero attached hydrogens (tertiary/aromatic N) is 5. The lowest BCUT2D eigenvalue weighted by Gasteiger charge is -2.09. The zero-order valence-electron chi connectivity index (χ0n) is 18.0. The van der Waals surface area contributed by atoms with E-state index in [1.807, 2.05) is 22.8 Å². The van der Waals surface area contributed by atoms with Gasteiger partial charge in [-0.25, -0.2) is 0 Å². The smallest absolute Gasteiger partial charge is 0.326 e. The summed E-state index contributed by atoms with van der Waals surface area (Å²) in [7, 11) is 0. The van der Waals surface area contributed by atoms with Gasteiger partial charge in [0.1, 0.15) is 12.0 Å². The number of aliphatic imine (C=N–C) groups is 1. The van der Waals surface area contributed by atoms with Gasteiger partial charge < -0.3 is 9.88 Å². The number of carbonyl (C=O) groups is 1. The van der Waals surface area contributed by atoms with Crippen molar-refractivity contribution in [2.24, 2.45) is 4.99 Å². The molecule has 1 N–H and O–H groups in total. The van der Waals surface area contributed by atoms with Crippen molar-refractivity contribution in [2.45, 2.75) is 31.5 Å². The summed E-state index contributed by atoms with van der Waals surface area (Å²) < 4.78 is 40.4. The van der Waals surface area contributed by atoms with Crippen LogP contribution in [-0.2, 0) is 11.0 Å². The Morgan fingerprint density at radius 2 is 2.09 bits per heavy atom. The number of carbonyl (C=O) groups excluding carboxylic acids is 1. The molecule has 1 fully saturated rings. The van der Waals surface area contributed by atoms with Crippen molar-refractivity contribution in [1.82, 2.24) is 19.7 Å². The first kappa shape index (κ1) is 23.1. The largest absolute Gasteiger partial charge is 0.433 e. The normalized spacial score (nSPS) is 14.4. The van der Waals surface area contributed by atoms with Gasteiger partial charge in [0.2, 0.25) is 5.91 Å². The zero-order chi connectivity index (χ0) is 24.1. The van der Waals surface area contributed by atoms with E-state index in [9.17, 15) is 18.0 Å². The van der Waals surface area contributed by atoms with E-state index >= 15 is 0 Å². The first-order valence-corrected chi connectivity index (χ1v) is 10.5. The highest BCUT2D eigenvalue weighted by atomic mass is 19.4. The van der Waals surface area contributed by atoms with Gasteiger partial charge in [-0.3, -0.25) is 14.8 Å². The number of hydrogen-bond donors (Lipinski definition) is 1. The Morgan fingerprint density at radius 3 is 2.76 bits per heavy atom. The fourth-order valence-corrected chi connectivity index (χ4v) is 3.37. The molecule has 1 aromatic carbocycles. The highest BCUT2D eigenvalue weighted by molar-refractivity contribution is 5.93. The summed E-state index contributed by atoms with van der Waals surface area (Å²) in [4.78, 5) is 19.7. The summed E-state index contributed by atoms with van der Waals surface area (Å²) in [6, 6.07) is 9.94. The zero-order valence-corrected chi connectivity index (χ0v) is 18.0. The van der Waals surface area contributed by atoms with Gasteiger partial charge in [-0.2, -0.15) is 13.2 Å². The highest BCUT2D eigenvalue weighted by Crippen LogP contribution is 2.37. The first-order chi connectivity index (χ1) is 16.3. The predicted molar refractivity (Wildman–Crippen MR) is 123 cm³/mol. The van der Waals surface area contributed by atoms with Crippen molar-refractivity contribution < 1.29 is 18.0 Å². The van der Waals surface area contributed by atoms with Gasteiger partial charge in [0.05, 0.1) is 0 Å². The number of nitrogens with one attached hydrogen (secondary N) is 1. The number of pyridine rings is 1. The van der Waals surface area contributed by atoms with Crippen LogP contribution in [0.4, 0.5) is 18.9 Å². The molecule has 174 valence electrons. The molecule has 10 heteroatoms. The SMILES string of the molecule is C=N/C=C\C(=C/CC(=O)Nc1cccc(-c2nncn2C2CC2)c1)c1ccc(C(F)(F)F)nc1. The minimum Gasteiger partial charge on any atom is -0.326 e. The quantitative estimate of drug-likeness (QED) is 0.360. The molecule has 1 saturated carbocycles. The lowest BCUT2D eigenvalue weighted by atomic mass is 10.1. The average Bonchev–Trinajstić information content (AvgIpc) is 3.55. The Labute approximate surface area is 193 Å². The number of hydrogen-bond acceptors (Lipinski definition) is 5. The van der Waals surface area contributed by atoms with Crippen LogP contribution in [0.25, 0.3) is 17.0 Å². The molecule has 4 rings (SSSR count). The van der Waals surface area contributed by atoms with E-state index in [4.69, 9.17) is 0 Å². The van der Waals surface area contributed by atoms with E-state index in [1.165, 1.54) is 12.3 Å². The van der Waals surface area contributed by atoms with Crippen LogP contribution in [0.15, 0.2) is 72.3 Å². The second-order valence-electron chi connectivity index (χ2n) is 7.71. The van der Waals surface area contributed by atoms with Crippen LogP contribution in [0.2, 0.25) is 0 Å². The molecule has 3 aromatic rings. The molecule has 0 atom stereocenters. The summed E-state index contributed by atoms with van der Waals surface area (Å²) >= 11 is 0. The standard InChI is InChI=1S/C24H21F3N6O/c1-28-12-11-16(18-5-9-21(29-14-18)24(25,26)27)6-10-22(34)31-19-4-2-3-17(13-19)23-32-30-15-33(23)20-7-8-20/h2-6,9,11-15,20H,1,7-8,10H2,(H,31,34)/b12-11-,16-6+. The van der Waals surface area contributed by atoms with Crippen LogP contribution in [0.1, 0.15) is 36.6 Å². The fourth-order valence-electron chi connectivity index (χ4n) is 3.37. The van der Waals surface area contributed by atoms with E-state index < -0.39 is 11.9 Å². The van der Waals surface area contributed by atoms with Gasteiger partial charge in [0, 0.05) is 36.1 Å². The first-order valence-electron chi connectivity index (χ1n) is 10.5. The Hall–Kier alpha value is -4.08. The molecule has 1 amide bonds. The third-order valence-corrected chi connectivity index (χ3v) is 5.17. The van der Waals surface area contributed by atoms with Crippen molar-refractivity contribution in [1.29, 1.82) is 0 Å². The molecule has 2 heterocycles. The lowest BCUT2D eigenvalue weighted by Crippen LogP contribution is -2.10. The maximum Gasteiger partial charge on any atom is 0.433 e. The molecule has 0 saturated heterocycles. The fraction of sp³-hybridized carbons (Fsp3) is 0.208. The van der Waals surface area contributed by atoms with Gasteiger partial charge in [-0.05, 0) is 55.0 Å². The summed E-state index contributed by atoms with van der Waals surface area (Å²) in [6.45, 7) is 3.35. The molecule has 7 nitrogen and oxygen atoms in total. The second kappa shape index (κ2) is 9.82. The Kier molecular flexibility index (Phi) is 6.67. The van der Waals surface area contributed by atoms with E-state index in [2.05, 4.69) is 32.2 Å². The van der Waals surface area contributed by atoms with Crippen molar-refractivity contribution in [3.63, 3.8) is 0 Å². The molecule has 1 aliphatic rings. The van der Waals surface area contributed by atoms with Gasteiger partial charge in [0.25, 0.3) is 0 Å². The van der Waals surface area contributed by atoms with Gasteiger partial charge in [-0.15, -0.1) is 10.2 Å². The summed E-state index contributed by atoms with van der Waals surface area (Å²) in [6.07, 6.45) is 5.01. The van der Waals surface area contributed by atoms with Gasteiger partial charge in [-0.1, -0.05) is 24.3 Å². The van der Waals surface area contributed by atoms with Gasteiger partial charge >= 0.3 is 6.18 Å². The lowest BCUT2D eigenvalue weighted by molar-refractivity contribution is -0.141. The molecule has 34 heavy (non-hydrogen) atoms. The Balaban J connectivity index is 1.47. The van der Waals surface area contributed by atoms with Crippen molar-refractivity contribution in [3.8, 4) is 11.4 Å². The van der Waals surface area contributed by atoms with Crippen LogP contribution in [-0.4, -0.2) is 32.4 Å². The Morgan fingerprint density at radius 1 is 1.26 bits per heavy atom. The molecule has 0 bridgehead atoms. The van der Waals surface area contributed by atoms with E-state index in [0.717, 1.165) is 36.5 Å². The molecule has 0 radical (unpaired) electrons. The van der Waals surface area contributed by atoms with Crippen LogP contribution < -0.4 is 5.32 Å². The van der Waals surface area contributed by atoms with Crippen LogP contribution in [0.3, 0.4) is 0 Å². The number of alkyl halides is 3. The summed E-state index contributed by atoms with van der Waals surface area (Å²) in [5.74, 6) is 0.454. The number of anilines is 1. The maximum atomic E-state index is 12.8. The minimum absolute atomic E-state index is 0.0136. The summed E-state index contributed by atoms with van der Waals surface area (Å²) in [5.41, 5.74) is 1.37. The molecule has 2 aromatic heterocycles. The number of aromatic nitrogens is 4. The molecule has 0 unspecified atom stereocenters. The van der Waals surface area contributed by atoms with Crippen LogP contribution >= 0.6 is 0 Å². The molecule has 0 aliphatic heterocycles. The molecular formula is C24H21F3N6O. The van der Waals surface area contributed by atoms with E-state index in [-0.39, 0.29) is 12.3 Å². The van der Waals surface area contributed by atoms with E-state index in [0.29, 0.717) is 22.9 Å². The van der Waals surface area contributed by atoms with Gasteiger partial charge in [0.15, 0.2) is 5.82 Å². The second-order valence-corrected chi connectivity index (χ2v) is 7.71. The third kappa shape index (κ3) is 5.64. The van der Waals surface area contributed by atoms with Crippen LogP contribution in [0, 0.1) is 0 Å². The van der Waals surface area contributed by atoms with Crippen molar-refractivity contribution in [2.75, 3.05) is 5.32 Å². The van der Waals surface area contributed by atoms with Crippen molar-refractivity contribution in [3.05, 3.63) is 78.5 Å². The van der Waals surface area contributed by atoms with Crippen molar-refractivity contribution >= 4 is 23.9 Å². The molecule has 1 aliphatic carbocycles.